The number of pyridine rings is 1. The minimum absolute atomic E-state index is 0.189. The Bertz CT molecular complexity index is 1300. The highest BCUT2D eigenvalue weighted by molar-refractivity contribution is 7.85. The van der Waals surface area contributed by atoms with Crippen LogP contribution < -0.4 is 5.32 Å². The normalized spacial score (nSPS) is 12.7. The first-order valence-electron chi connectivity index (χ1n) is 9.95. The smallest absolute Gasteiger partial charge is 0.132 e. The van der Waals surface area contributed by atoms with Gasteiger partial charge >= 0.3 is 0 Å². The Morgan fingerprint density at radius 3 is 2.72 bits per heavy atom. The Balaban J connectivity index is 1.69. The van der Waals surface area contributed by atoms with Crippen LogP contribution in [0, 0.1) is 18.3 Å². The van der Waals surface area contributed by atoms with Crippen molar-refractivity contribution in [3.05, 3.63) is 78.6 Å². The minimum Gasteiger partial charge on any atom is -0.373 e. The first-order chi connectivity index (χ1) is 15.6. The van der Waals surface area contributed by atoms with Crippen LogP contribution in [-0.4, -0.2) is 36.0 Å². The standard InChI is InChI=1S/C23H21N7OS/c1-16-22(27-15-28-23(16)25-2)18-12-29-30(14-18)21(8-9-24)17-10-20(13-26-11-17)32(31)19-6-4-3-5-7-19/h3-7,10-15,21H,8H2,1-2H3,(H,25,27,28). The van der Waals surface area contributed by atoms with Gasteiger partial charge in [0.05, 0.1) is 46.1 Å². The third-order valence-corrected chi connectivity index (χ3v) is 6.44. The maximum atomic E-state index is 13.0. The molecule has 0 spiro atoms. The molecule has 9 heteroatoms. The van der Waals surface area contributed by atoms with Crippen LogP contribution in [-0.2, 0) is 10.8 Å². The summed E-state index contributed by atoms with van der Waals surface area (Å²) >= 11 is 0. The van der Waals surface area contributed by atoms with Crippen LogP contribution >= 0.6 is 0 Å². The fraction of sp³-hybridized carbons (Fsp3) is 0.174. The van der Waals surface area contributed by atoms with Gasteiger partial charge < -0.3 is 5.32 Å². The zero-order valence-corrected chi connectivity index (χ0v) is 18.5. The summed E-state index contributed by atoms with van der Waals surface area (Å²) in [6.07, 6.45) is 8.55. The Morgan fingerprint density at radius 1 is 1.16 bits per heavy atom. The lowest BCUT2D eigenvalue weighted by molar-refractivity contribution is 0.529. The van der Waals surface area contributed by atoms with Crippen molar-refractivity contribution in [1.29, 1.82) is 5.26 Å². The van der Waals surface area contributed by atoms with E-state index in [1.165, 1.54) is 6.33 Å². The fourth-order valence-corrected chi connectivity index (χ4v) is 4.55. The van der Waals surface area contributed by atoms with Crippen LogP contribution in [0.15, 0.2) is 77.3 Å². The SMILES string of the molecule is CNc1ncnc(-c2cnn(C(CC#N)c3cncc(S(=O)c4ccccc4)c3)c2)c1C. The average molecular weight is 444 g/mol. The van der Waals surface area contributed by atoms with Crippen molar-refractivity contribution >= 4 is 16.6 Å². The molecule has 3 heterocycles. The molecule has 0 fully saturated rings. The summed E-state index contributed by atoms with van der Waals surface area (Å²) < 4.78 is 14.7. The number of nitrogens with zero attached hydrogens (tertiary/aromatic N) is 6. The molecular formula is C23H21N7OS. The van der Waals surface area contributed by atoms with Gasteiger partial charge in [-0.3, -0.25) is 9.67 Å². The number of nitrogens with one attached hydrogen (secondary N) is 1. The van der Waals surface area contributed by atoms with Gasteiger partial charge in [0.25, 0.3) is 0 Å². The summed E-state index contributed by atoms with van der Waals surface area (Å²) in [6.45, 7) is 1.94. The summed E-state index contributed by atoms with van der Waals surface area (Å²) in [4.78, 5) is 14.2. The van der Waals surface area contributed by atoms with Crippen LogP contribution in [0.1, 0.15) is 23.6 Å². The molecule has 1 N–H and O–H groups in total. The molecular weight excluding hydrogens is 422 g/mol. The Morgan fingerprint density at radius 2 is 1.97 bits per heavy atom. The van der Waals surface area contributed by atoms with Gasteiger partial charge in [0.2, 0.25) is 0 Å². The lowest BCUT2D eigenvalue weighted by Crippen LogP contribution is -2.11. The third kappa shape index (κ3) is 4.26. The van der Waals surface area contributed by atoms with E-state index >= 15 is 0 Å². The topological polar surface area (TPSA) is 109 Å². The molecule has 2 unspecified atom stereocenters. The van der Waals surface area contributed by atoms with E-state index in [9.17, 15) is 9.47 Å². The van der Waals surface area contributed by atoms with Crippen LogP contribution in [0.3, 0.4) is 0 Å². The maximum Gasteiger partial charge on any atom is 0.132 e. The molecule has 0 saturated heterocycles. The van der Waals surface area contributed by atoms with Crippen molar-refractivity contribution < 1.29 is 4.21 Å². The molecule has 0 aliphatic heterocycles. The van der Waals surface area contributed by atoms with E-state index in [1.807, 2.05) is 56.6 Å². The number of nitriles is 1. The number of hydrogen-bond donors (Lipinski definition) is 1. The van der Waals surface area contributed by atoms with E-state index in [-0.39, 0.29) is 12.5 Å². The Labute approximate surface area is 188 Å². The number of anilines is 1. The van der Waals surface area contributed by atoms with Crippen LogP contribution in [0.5, 0.6) is 0 Å². The van der Waals surface area contributed by atoms with Crippen molar-refractivity contribution in [1.82, 2.24) is 24.7 Å². The highest BCUT2D eigenvalue weighted by Gasteiger charge is 2.19. The number of hydrogen-bond acceptors (Lipinski definition) is 7. The lowest BCUT2D eigenvalue weighted by atomic mass is 10.1. The predicted molar refractivity (Wildman–Crippen MR) is 121 cm³/mol. The minimum atomic E-state index is -1.36. The second kappa shape index (κ2) is 9.49. The van der Waals surface area contributed by atoms with Gasteiger partial charge in [-0.05, 0) is 30.7 Å². The molecule has 0 saturated carbocycles. The molecule has 0 aliphatic rings. The summed E-state index contributed by atoms with van der Waals surface area (Å²) in [5, 5.41) is 17.0. The Kier molecular flexibility index (Phi) is 6.33. The highest BCUT2D eigenvalue weighted by Crippen LogP contribution is 2.28. The van der Waals surface area contributed by atoms with Crippen LogP contribution in [0.4, 0.5) is 5.82 Å². The lowest BCUT2D eigenvalue weighted by Gasteiger charge is -2.15. The first-order valence-corrected chi connectivity index (χ1v) is 11.1. The second-order valence-electron chi connectivity index (χ2n) is 7.07. The largest absolute Gasteiger partial charge is 0.373 e. The molecule has 8 nitrogen and oxygen atoms in total. The number of benzene rings is 1. The number of rotatable bonds is 7. The zero-order valence-electron chi connectivity index (χ0n) is 17.6. The third-order valence-electron chi connectivity index (χ3n) is 5.09. The van der Waals surface area contributed by atoms with Crippen LogP contribution in [0.25, 0.3) is 11.3 Å². The monoisotopic (exact) mass is 443 g/mol. The van der Waals surface area contributed by atoms with Gasteiger partial charge in [-0.15, -0.1) is 0 Å². The molecule has 3 aromatic heterocycles. The van der Waals surface area contributed by atoms with E-state index in [0.717, 1.165) is 28.2 Å². The maximum absolute atomic E-state index is 13.0. The van der Waals surface area contributed by atoms with E-state index in [4.69, 9.17) is 0 Å². The highest BCUT2D eigenvalue weighted by atomic mass is 32.2. The molecule has 0 aliphatic carbocycles. The van der Waals surface area contributed by atoms with E-state index < -0.39 is 10.8 Å². The van der Waals surface area contributed by atoms with E-state index in [2.05, 4.69) is 31.4 Å². The zero-order chi connectivity index (χ0) is 22.5. The quantitative estimate of drug-likeness (QED) is 0.463. The molecule has 4 aromatic rings. The van der Waals surface area contributed by atoms with E-state index in [1.54, 1.807) is 23.3 Å². The summed E-state index contributed by atoms with van der Waals surface area (Å²) in [5.41, 5.74) is 3.26. The van der Waals surface area contributed by atoms with Crippen molar-refractivity contribution in [3.63, 3.8) is 0 Å². The average Bonchev–Trinajstić information content (AvgIpc) is 3.32. The van der Waals surface area contributed by atoms with Gasteiger partial charge in [-0.1, -0.05) is 18.2 Å². The fourth-order valence-electron chi connectivity index (χ4n) is 3.47. The molecule has 0 bridgehead atoms. The Hall–Kier alpha value is -3.90. The van der Waals surface area contributed by atoms with Gasteiger partial charge in [0.15, 0.2) is 0 Å². The number of aromatic nitrogens is 5. The molecule has 4 rings (SSSR count). The van der Waals surface area contributed by atoms with Crippen LogP contribution in [0.2, 0.25) is 0 Å². The van der Waals surface area contributed by atoms with Gasteiger partial charge in [0, 0.05) is 41.7 Å². The molecule has 32 heavy (non-hydrogen) atoms. The molecule has 1 aromatic carbocycles. The second-order valence-corrected chi connectivity index (χ2v) is 8.55. The summed E-state index contributed by atoms with van der Waals surface area (Å²) in [5.74, 6) is 0.747. The van der Waals surface area contributed by atoms with Crippen molar-refractivity contribution in [2.24, 2.45) is 0 Å². The van der Waals surface area contributed by atoms with Crippen molar-refractivity contribution in [2.75, 3.05) is 12.4 Å². The molecule has 0 radical (unpaired) electrons. The summed E-state index contributed by atoms with van der Waals surface area (Å²) in [6, 6.07) is 12.9. The summed E-state index contributed by atoms with van der Waals surface area (Å²) in [7, 11) is 0.446. The molecule has 0 amide bonds. The van der Waals surface area contributed by atoms with Gasteiger partial charge in [0.1, 0.15) is 12.1 Å². The molecule has 160 valence electrons. The predicted octanol–water partition coefficient (Wildman–Crippen LogP) is 3.76. The van der Waals surface area contributed by atoms with Gasteiger partial charge in [-0.25, -0.2) is 14.2 Å². The molecule has 2 atom stereocenters. The van der Waals surface area contributed by atoms with Crippen molar-refractivity contribution in [3.8, 4) is 17.3 Å². The van der Waals surface area contributed by atoms with Crippen molar-refractivity contribution in [2.45, 2.75) is 29.2 Å². The van der Waals surface area contributed by atoms with Gasteiger partial charge in [-0.2, -0.15) is 10.4 Å². The van der Waals surface area contributed by atoms with E-state index in [0.29, 0.717) is 9.79 Å². The first kappa shape index (κ1) is 21.3.